The molecule has 1 aliphatic carbocycles. The van der Waals surface area contributed by atoms with Crippen molar-refractivity contribution in [1.82, 2.24) is 25.3 Å². The number of benzene rings is 1. The molecule has 1 saturated carbocycles. The van der Waals surface area contributed by atoms with Gasteiger partial charge < -0.3 is 14.7 Å². The van der Waals surface area contributed by atoms with Gasteiger partial charge in [0.05, 0.1) is 0 Å². The number of amides is 2. The number of pyridine rings is 1. The normalized spacial score (nSPS) is 14.8. The lowest BCUT2D eigenvalue weighted by molar-refractivity contribution is 0.160. The zero-order valence-corrected chi connectivity index (χ0v) is 16.5. The number of carbonyl (C=O) groups excluding carboxylic acids is 1. The van der Waals surface area contributed by atoms with Gasteiger partial charge in [-0.05, 0) is 43.4 Å². The van der Waals surface area contributed by atoms with Crippen LogP contribution in [-0.4, -0.2) is 32.6 Å². The summed E-state index contributed by atoms with van der Waals surface area (Å²) in [6.07, 6.45) is 6.99. The number of aromatic nitrogens is 3. The minimum atomic E-state index is -0.389. The number of carbonyl (C=O) groups is 1. The Morgan fingerprint density at radius 2 is 2.07 bits per heavy atom. The van der Waals surface area contributed by atoms with E-state index in [0.717, 1.165) is 17.7 Å². The Morgan fingerprint density at radius 3 is 2.76 bits per heavy atom. The lowest BCUT2D eigenvalue weighted by Crippen LogP contribution is -2.44. The summed E-state index contributed by atoms with van der Waals surface area (Å²) < 4.78 is 5.37. The predicted octanol–water partition coefficient (Wildman–Crippen LogP) is 4.20. The summed E-state index contributed by atoms with van der Waals surface area (Å²) in [5, 5.41) is 7.02. The van der Waals surface area contributed by atoms with Crippen molar-refractivity contribution >= 4 is 6.03 Å². The number of urea groups is 1. The van der Waals surface area contributed by atoms with Gasteiger partial charge in [-0.2, -0.15) is 4.98 Å². The second kappa shape index (κ2) is 8.86. The molecule has 7 heteroatoms. The van der Waals surface area contributed by atoms with Crippen LogP contribution in [0, 0.1) is 5.92 Å². The first-order chi connectivity index (χ1) is 14.2. The molecule has 1 N–H and O–H groups in total. The predicted molar refractivity (Wildman–Crippen MR) is 109 cm³/mol. The zero-order valence-electron chi connectivity index (χ0n) is 16.5. The number of nitrogens with zero attached hydrogens (tertiary/aromatic N) is 4. The molecule has 1 aliphatic rings. The molecule has 0 radical (unpaired) electrons. The van der Waals surface area contributed by atoms with Crippen molar-refractivity contribution in [2.45, 2.75) is 38.8 Å². The first kappa shape index (κ1) is 19.1. The Labute approximate surface area is 170 Å². The first-order valence-electron chi connectivity index (χ1n) is 10.0. The molecular weight excluding hydrogens is 366 g/mol. The Bertz CT molecular complexity index is 925. The van der Waals surface area contributed by atoms with Gasteiger partial charge in [-0.25, -0.2) is 4.79 Å². The van der Waals surface area contributed by atoms with E-state index in [1.807, 2.05) is 54.3 Å². The van der Waals surface area contributed by atoms with Crippen LogP contribution in [0.2, 0.25) is 0 Å². The Hall–Kier alpha value is -3.22. The third-order valence-electron chi connectivity index (χ3n) is 5.28. The van der Waals surface area contributed by atoms with E-state index < -0.39 is 0 Å². The van der Waals surface area contributed by atoms with E-state index in [-0.39, 0.29) is 12.1 Å². The number of rotatable bonds is 7. The van der Waals surface area contributed by atoms with Crippen LogP contribution in [0.4, 0.5) is 4.79 Å². The number of hydrogen-bond donors (Lipinski definition) is 1. The average molecular weight is 391 g/mol. The third kappa shape index (κ3) is 4.80. The molecule has 3 aromatic rings. The van der Waals surface area contributed by atoms with E-state index in [2.05, 4.69) is 20.4 Å². The highest BCUT2D eigenvalue weighted by Gasteiger charge is 2.26. The fourth-order valence-electron chi connectivity index (χ4n) is 3.37. The van der Waals surface area contributed by atoms with Crippen molar-refractivity contribution < 1.29 is 9.32 Å². The quantitative estimate of drug-likeness (QED) is 0.652. The lowest BCUT2D eigenvalue weighted by atomic mass is 9.85. The second-order valence-electron chi connectivity index (χ2n) is 7.53. The van der Waals surface area contributed by atoms with Gasteiger partial charge in [-0.1, -0.05) is 41.9 Å². The van der Waals surface area contributed by atoms with Gasteiger partial charge in [-0.3, -0.25) is 4.98 Å². The van der Waals surface area contributed by atoms with Crippen molar-refractivity contribution in [3.05, 3.63) is 66.3 Å². The molecule has 0 saturated heterocycles. The summed E-state index contributed by atoms with van der Waals surface area (Å²) in [4.78, 5) is 23.4. The maximum atomic E-state index is 13.0. The molecule has 1 atom stereocenters. The summed E-state index contributed by atoms with van der Waals surface area (Å²) in [5.74, 6) is 1.42. The summed E-state index contributed by atoms with van der Waals surface area (Å²) in [7, 11) is 0. The average Bonchev–Trinajstić information content (AvgIpc) is 3.21. The summed E-state index contributed by atoms with van der Waals surface area (Å²) in [6, 6.07) is 13.2. The Kier molecular flexibility index (Phi) is 5.84. The topological polar surface area (TPSA) is 84.2 Å². The van der Waals surface area contributed by atoms with Crippen molar-refractivity contribution in [2.75, 3.05) is 6.54 Å². The molecule has 1 fully saturated rings. The fraction of sp³-hybridized carbons (Fsp3) is 0.364. The van der Waals surface area contributed by atoms with Crippen molar-refractivity contribution in [1.29, 1.82) is 0 Å². The molecule has 1 aromatic carbocycles. The van der Waals surface area contributed by atoms with Gasteiger partial charge in [0.15, 0.2) is 0 Å². The van der Waals surface area contributed by atoms with Gasteiger partial charge >= 0.3 is 6.03 Å². The summed E-state index contributed by atoms with van der Waals surface area (Å²) in [5.41, 5.74) is 1.89. The van der Waals surface area contributed by atoms with Crippen LogP contribution < -0.4 is 5.32 Å². The molecule has 0 aliphatic heterocycles. The molecule has 0 bridgehead atoms. The van der Waals surface area contributed by atoms with E-state index in [0.29, 0.717) is 24.2 Å². The van der Waals surface area contributed by atoms with Crippen LogP contribution in [0.3, 0.4) is 0 Å². The third-order valence-corrected chi connectivity index (χ3v) is 5.28. The van der Waals surface area contributed by atoms with Crippen LogP contribution in [0.15, 0.2) is 59.4 Å². The minimum Gasteiger partial charge on any atom is -0.337 e. The summed E-state index contributed by atoms with van der Waals surface area (Å²) >= 11 is 0. The van der Waals surface area contributed by atoms with Crippen LogP contribution in [0.1, 0.15) is 43.7 Å². The van der Waals surface area contributed by atoms with Gasteiger partial charge in [0.1, 0.15) is 6.04 Å². The SMILES string of the molecule is CC(NC(=O)N(Cc1ccccc1)CC1CCC1)c1nc(-c2cccnc2)no1. The van der Waals surface area contributed by atoms with E-state index in [1.54, 1.807) is 12.4 Å². The molecule has 2 heterocycles. The molecule has 2 aromatic heterocycles. The van der Waals surface area contributed by atoms with Gasteiger partial charge in [0.2, 0.25) is 11.7 Å². The minimum absolute atomic E-state index is 0.116. The van der Waals surface area contributed by atoms with E-state index >= 15 is 0 Å². The fourth-order valence-corrected chi connectivity index (χ4v) is 3.37. The highest BCUT2D eigenvalue weighted by atomic mass is 16.5. The van der Waals surface area contributed by atoms with Gasteiger partial charge in [-0.15, -0.1) is 0 Å². The van der Waals surface area contributed by atoms with Crippen LogP contribution in [-0.2, 0) is 6.54 Å². The van der Waals surface area contributed by atoms with Gasteiger partial charge in [0.25, 0.3) is 0 Å². The van der Waals surface area contributed by atoms with E-state index in [4.69, 9.17) is 4.52 Å². The molecule has 150 valence electrons. The maximum absolute atomic E-state index is 13.0. The highest BCUT2D eigenvalue weighted by Crippen LogP contribution is 2.28. The number of hydrogen-bond acceptors (Lipinski definition) is 5. The van der Waals surface area contributed by atoms with Crippen LogP contribution in [0.5, 0.6) is 0 Å². The monoisotopic (exact) mass is 391 g/mol. The number of nitrogens with one attached hydrogen (secondary N) is 1. The largest absolute Gasteiger partial charge is 0.337 e. The molecule has 0 spiro atoms. The molecule has 29 heavy (non-hydrogen) atoms. The standard InChI is InChI=1S/C22H25N5O2/c1-16(21-25-20(26-29-21)19-11-6-12-23-13-19)24-22(28)27(15-18-9-5-10-18)14-17-7-3-2-4-8-17/h2-4,6-8,11-13,16,18H,5,9-10,14-15H2,1H3,(H,24,28). The Morgan fingerprint density at radius 1 is 1.24 bits per heavy atom. The first-order valence-corrected chi connectivity index (χ1v) is 10.0. The van der Waals surface area contributed by atoms with Crippen LogP contribution in [0.25, 0.3) is 11.4 Å². The van der Waals surface area contributed by atoms with E-state index in [9.17, 15) is 4.79 Å². The van der Waals surface area contributed by atoms with Crippen molar-refractivity contribution in [3.63, 3.8) is 0 Å². The van der Waals surface area contributed by atoms with Crippen molar-refractivity contribution in [3.8, 4) is 11.4 Å². The maximum Gasteiger partial charge on any atom is 0.318 e. The second-order valence-corrected chi connectivity index (χ2v) is 7.53. The molecule has 2 amide bonds. The van der Waals surface area contributed by atoms with E-state index in [1.165, 1.54) is 19.3 Å². The van der Waals surface area contributed by atoms with Crippen LogP contribution >= 0.6 is 0 Å². The molecule has 4 rings (SSSR count). The lowest BCUT2D eigenvalue weighted by Gasteiger charge is -2.33. The molecular formula is C22H25N5O2. The molecule has 1 unspecified atom stereocenters. The smallest absolute Gasteiger partial charge is 0.318 e. The van der Waals surface area contributed by atoms with Crippen molar-refractivity contribution in [2.24, 2.45) is 5.92 Å². The molecule has 7 nitrogen and oxygen atoms in total. The highest BCUT2D eigenvalue weighted by molar-refractivity contribution is 5.74. The van der Waals surface area contributed by atoms with Gasteiger partial charge in [0, 0.05) is 31.0 Å². The Balaban J connectivity index is 1.42. The summed E-state index contributed by atoms with van der Waals surface area (Å²) in [6.45, 7) is 3.20. The zero-order chi connectivity index (χ0) is 20.1.